The number of nitrogens with two attached hydrogens (primary N) is 2. The lowest BCUT2D eigenvalue weighted by molar-refractivity contribution is -0.290. The van der Waals surface area contributed by atoms with E-state index in [9.17, 15) is 31.5 Å². The Bertz CT molecular complexity index is 1320. The summed E-state index contributed by atoms with van der Waals surface area (Å²) in [7, 11) is 0. The number of rotatable bonds is 10. The molecule has 0 aliphatic carbocycles. The predicted molar refractivity (Wildman–Crippen MR) is 133 cm³/mol. The van der Waals surface area contributed by atoms with Gasteiger partial charge in [-0.25, -0.2) is 9.59 Å². The number of ether oxygens (including phenoxy) is 3. The summed E-state index contributed by atoms with van der Waals surface area (Å²) in [5.74, 6) is -6.48. The molecule has 0 amide bonds. The van der Waals surface area contributed by atoms with Crippen LogP contribution in [0.15, 0.2) is 72.8 Å². The Balaban J connectivity index is 1.46. The van der Waals surface area contributed by atoms with Crippen molar-refractivity contribution in [1.29, 1.82) is 0 Å². The van der Waals surface area contributed by atoms with E-state index in [0.717, 1.165) is 29.8 Å². The molecule has 0 heterocycles. The average molecular weight is 550 g/mol. The van der Waals surface area contributed by atoms with Crippen LogP contribution in [0.25, 0.3) is 6.08 Å². The number of anilines is 2. The van der Waals surface area contributed by atoms with Crippen LogP contribution in [0.3, 0.4) is 0 Å². The summed E-state index contributed by atoms with van der Waals surface area (Å²) < 4.78 is 77.4. The molecule has 39 heavy (non-hydrogen) atoms. The van der Waals surface area contributed by atoms with Gasteiger partial charge in [-0.2, -0.15) is 22.0 Å². The lowest BCUT2D eigenvalue weighted by Gasteiger charge is -2.19. The first-order valence-electron chi connectivity index (χ1n) is 11.3. The van der Waals surface area contributed by atoms with Gasteiger partial charge in [-0.1, -0.05) is 18.2 Å². The first kappa shape index (κ1) is 29.0. The zero-order valence-corrected chi connectivity index (χ0v) is 20.2. The normalized spacial score (nSPS) is 11.8. The maximum atomic E-state index is 13.0. The Morgan fingerprint density at radius 2 is 1.49 bits per heavy atom. The van der Waals surface area contributed by atoms with Gasteiger partial charge < -0.3 is 25.7 Å². The molecule has 7 nitrogen and oxygen atoms in total. The molecule has 3 aromatic carbocycles. The minimum absolute atomic E-state index is 0.0115. The van der Waals surface area contributed by atoms with Gasteiger partial charge in [0, 0.05) is 23.9 Å². The number of halogens is 5. The standard InChI is InChI=1S/C27H23F5N2O5/c28-26(29,27(30,31)32)16-38-21-10-5-19(6-11-21)25(36)39-22-8-1-17(2-9-22)3-12-24(35)37-14-13-18-4-7-20(33)15-23(18)34/h1-12,15H,13-14,16,33-34H2. The molecule has 0 unspecified atom stereocenters. The van der Waals surface area contributed by atoms with Crippen LogP contribution in [0.5, 0.6) is 11.5 Å². The van der Waals surface area contributed by atoms with Gasteiger partial charge in [0.15, 0.2) is 6.61 Å². The maximum absolute atomic E-state index is 13.0. The predicted octanol–water partition coefficient (Wildman–Crippen LogP) is 5.45. The molecule has 0 aromatic heterocycles. The van der Waals surface area contributed by atoms with Crippen LogP contribution < -0.4 is 20.9 Å². The fraction of sp³-hybridized carbons (Fsp3) is 0.185. The van der Waals surface area contributed by atoms with Gasteiger partial charge in [-0.05, 0) is 65.7 Å². The molecule has 0 spiro atoms. The summed E-state index contributed by atoms with van der Waals surface area (Å²) in [6.45, 7) is -1.77. The zero-order chi connectivity index (χ0) is 28.6. The van der Waals surface area contributed by atoms with Crippen LogP contribution in [0.4, 0.5) is 33.3 Å². The SMILES string of the molecule is Nc1ccc(CCOC(=O)C=Cc2ccc(OC(=O)c3ccc(OCC(F)(F)C(F)(F)F)cc3)cc2)c(N)c1. The molecule has 0 saturated carbocycles. The molecule has 0 saturated heterocycles. The molecule has 3 aromatic rings. The second-order valence-corrected chi connectivity index (χ2v) is 8.18. The second-order valence-electron chi connectivity index (χ2n) is 8.18. The molecule has 0 radical (unpaired) electrons. The fourth-order valence-corrected chi connectivity index (χ4v) is 3.07. The zero-order valence-electron chi connectivity index (χ0n) is 20.2. The monoisotopic (exact) mass is 550 g/mol. The highest BCUT2D eigenvalue weighted by atomic mass is 19.4. The quantitative estimate of drug-likeness (QED) is 0.114. The summed E-state index contributed by atoms with van der Waals surface area (Å²) in [6, 6.07) is 15.7. The van der Waals surface area contributed by atoms with E-state index >= 15 is 0 Å². The van der Waals surface area contributed by atoms with Crippen LogP contribution in [0, 0.1) is 0 Å². The molecular formula is C27H23F5N2O5. The highest BCUT2D eigenvalue weighted by molar-refractivity contribution is 5.91. The molecule has 0 atom stereocenters. The van der Waals surface area contributed by atoms with Gasteiger partial charge in [0.1, 0.15) is 11.5 Å². The maximum Gasteiger partial charge on any atom is 0.456 e. The molecule has 12 heteroatoms. The van der Waals surface area contributed by atoms with E-state index in [1.165, 1.54) is 24.3 Å². The van der Waals surface area contributed by atoms with Crippen molar-refractivity contribution in [3.63, 3.8) is 0 Å². The Labute approximate surface area is 219 Å². The third kappa shape index (κ3) is 8.45. The largest absolute Gasteiger partial charge is 0.487 e. The number of esters is 2. The third-order valence-corrected chi connectivity index (χ3v) is 5.21. The molecular weight excluding hydrogens is 527 g/mol. The van der Waals surface area contributed by atoms with Crippen LogP contribution >= 0.6 is 0 Å². The van der Waals surface area contributed by atoms with Crippen molar-refractivity contribution in [2.24, 2.45) is 0 Å². The Kier molecular flexibility index (Phi) is 9.12. The summed E-state index contributed by atoms with van der Waals surface area (Å²) in [4.78, 5) is 24.2. The summed E-state index contributed by atoms with van der Waals surface area (Å²) in [6.07, 6.45) is -2.57. The van der Waals surface area contributed by atoms with Crippen molar-refractivity contribution >= 4 is 29.4 Å². The Morgan fingerprint density at radius 1 is 0.846 bits per heavy atom. The van der Waals surface area contributed by atoms with E-state index in [2.05, 4.69) is 4.74 Å². The number of alkyl halides is 5. The molecule has 206 valence electrons. The van der Waals surface area contributed by atoms with Crippen molar-refractivity contribution in [2.45, 2.75) is 18.5 Å². The Morgan fingerprint density at radius 3 is 2.10 bits per heavy atom. The van der Waals surface area contributed by atoms with E-state index in [1.807, 2.05) is 0 Å². The average Bonchev–Trinajstić information content (AvgIpc) is 2.88. The number of benzene rings is 3. The van der Waals surface area contributed by atoms with E-state index < -0.39 is 30.6 Å². The first-order valence-corrected chi connectivity index (χ1v) is 11.3. The molecule has 0 fully saturated rings. The Hall–Kier alpha value is -4.61. The third-order valence-electron chi connectivity index (χ3n) is 5.21. The highest BCUT2D eigenvalue weighted by Crippen LogP contribution is 2.35. The van der Waals surface area contributed by atoms with Crippen molar-refractivity contribution in [1.82, 2.24) is 0 Å². The lowest BCUT2D eigenvalue weighted by atomic mass is 10.1. The first-order chi connectivity index (χ1) is 18.3. The van der Waals surface area contributed by atoms with Gasteiger partial charge in [-0.15, -0.1) is 0 Å². The van der Waals surface area contributed by atoms with Crippen molar-refractivity contribution in [3.05, 3.63) is 89.5 Å². The van der Waals surface area contributed by atoms with Crippen molar-refractivity contribution in [2.75, 3.05) is 24.7 Å². The molecule has 0 aliphatic heterocycles. The second kappa shape index (κ2) is 12.3. The number of carbonyl (C=O) groups is 2. The van der Waals surface area contributed by atoms with Crippen molar-refractivity contribution < 1.29 is 45.8 Å². The number of hydrogen-bond acceptors (Lipinski definition) is 7. The van der Waals surface area contributed by atoms with Gasteiger partial charge in [0.25, 0.3) is 0 Å². The summed E-state index contributed by atoms with van der Waals surface area (Å²) in [5.41, 5.74) is 14.0. The summed E-state index contributed by atoms with van der Waals surface area (Å²) in [5, 5.41) is 0. The summed E-state index contributed by atoms with van der Waals surface area (Å²) >= 11 is 0. The van der Waals surface area contributed by atoms with Crippen LogP contribution in [0.1, 0.15) is 21.5 Å². The van der Waals surface area contributed by atoms with Gasteiger partial charge in [-0.3, -0.25) is 0 Å². The van der Waals surface area contributed by atoms with E-state index in [0.29, 0.717) is 23.4 Å². The minimum atomic E-state index is -5.74. The van der Waals surface area contributed by atoms with Crippen molar-refractivity contribution in [3.8, 4) is 11.5 Å². The fourth-order valence-electron chi connectivity index (χ4n) is 3.07. The van der Waals surface area contributed by atoms with Crippen LogP contribution in [-0.2, 0) is 16.0 Å². The molecule has 0 bridgehead atoms. The minimum Gasteiger partial charge on any atom is -0.487 e. The van der Waals surface area contributed by atoms with Crippen LogP contribution in [0.2, 0.25) is 0 Å². The number of hydrogen-bond donors (Lipinski definition) is 2. The van der Waals surface area contributed by atoms with Gasteiger partial charge >= 0.3 is 24.0 Å². The van der Waals surface area contributed by atoms with E-state index in [4.69, 9.17) is 20.9 Å². The molecule has 0 aliphatic rings. The van der Waals surface area contributed by atoms with Gasteiger partial charge in [0.2, 0.25) is 0 Å². The van der Waals surface area contributed by atoms with Gasteiger partial charge in [0.05, 0.1) is 12.2 Å². The lowest BCUT2D eigenvalue weighted by Crippen LogP contribution is -2.41. The topological polar surface area (TPSA) is 114 Å². The molecule has 4 N–H and O–H groups in total. The van der Waals surface area contributed by atoms with E-state index in [1.54, 1.807) is 30.3 Å². The van der Waals surface area contributed by atoms with Crippen LogP contribution in [-0.4, -0.2) is 37.3 Å². The highest BCUT2D eigenvalue weighted by Gasteiger charge is 2.58. The van der Waals surface area contributed by atoms with E-state index in [-0.39, 0.29) is 23.7 Å². The number of carbonyl (C=O) groups excluding carboxylic acids is 2. The smallest absolute Gasteiger partial charge is 0.456 e. The molecule has 3 rings (SSSR count). The number of nitrogen functional groups attached to an aromatic ring is 2.